The maximum absolute atomic E-state index is 11.4. The van der Waals surface area contributed by atoms with Crippen LogP contribution in [-0.4, -0.2) is 24.6 Å². The van der Waals surface area contributed by atoms with Crippen LogP contribution in [0.2, 0.25) is 0 Å². The van der Waals surface area contributed by atoms with Crippen LogP contribution >= 0.6 is 0 Å². The number of carbonyl (C=O) groups is 1. The highest BCUT2D eigenvalue weighted by molar-refractivity contribution is 5.78. The first-order chi connectivity index (χ1) is 7.67. The van der Waals surface area contributed by atoms with Crippen molar-refractivity contribution in [3.63, 3.8) is 0 Å². The smallest absolute Gasteiger partial charge is 0.133 e. The van der Waals surface area contributed by atoms with E-state index >= 15 is 0 Å². The second-order valence-electron chi connectivity index (χ2n) is 3.88. The molecule has 0 saturated heterocycles. The Morgan fingerprint density at radius 1 is 1.50 bits per heavy atom. The highest BCUT2D eigenvalue weighted by Gasteiger charge is 2.14. The van der Waals surface area contributed by atoms with Gasteiger partial charge in [0.15, 0.2) is 0 Å². The number of ether oxygens (including phenoxy) is 1. The quantitative estimate of drug-likeness (QED) is 0.798. The third kappa shape index (κ3) is 3.66. The zero-order chi connectivity index (χ0) is 12.0. The van der Waals surface area contributed by atoms with Gasteiger partial charge in [-0.3, -0.25) is 4.79 Å². The zero-order valence-electron chi connectivity index (χ0n) is 9.77. The summed E-state index contributed by atoms with van der Waals surface area (Å²) in [7, 11) is 1.62. The molecule has 0 aliphatic heterocycles. The molecule has 1 aromatic rings. The van der Waals surface area contributed by atoms with Crippen molar-refractivity contribution in [1.29, 1.82) is 0 Å². The lowest BCUT2D eigenvalue weighted by Crippen LogP contribution is -2.15. The van der Waals surface area contributed by atoms with Gasteiger partial charge in [-0.05, 0) is 37.5 Å². The SMILES string of the molecule is COc1cccc(CC(CCO)C(C)=O)c1. The molecule has 1 aromatic carbocycles. The summed E-state index contributed by atoms with van der Waals surface area (Å²) in [4.78, 5) is 11.4. The molecular formula is C13H18O3. The number of Topliss-reactive ketones (excluding diaryl/α,β-unsaturated/α-hetero) is 1. The largest absolute Gasteiger partial charge is 0.497 e. The third-order valence-corrected chi connectivity index (χ3v) is 2.67. The van der Waals surface area contributed by atoms with Crippen molar-refractivity contribution in [3.05, 3.63) is 29.8 Å². The fraction of sp³-hybridized carbons (Fsp3) is 0.462. The lowest BCUT2D eigenvalue weighted by Gasteiger charge is -2.12. The monoisotopic (exact) mass is 222 g/mol. The molecule has 1 atom stereocenters. The fourth-order valence-electron chi connectivity index (χ4n) is 1.69. The highest BCUT2D eigenvalue weighted by Crippen LogP contribution is 2.18. The second-order valence-corrected chi connectivity index (χ2v) is 3.88. The molecule has 88 valence electrons. The van der Waals surface area contributed by atoms with E-state index in [1.807, 2.05) is 24.3 Å². The Kier molecular flexibility index (Phi) is 4.99. The van der Waals surface area contributed by atoms with Crippen LogP contribution in [0.1, 0.15) is 18.9 Å². The maximum atomic E-state index is 11.4. The maximum Gasteiger partial charge on any atom is 0.133 e. The molecule has 0 bridgehead atoms. The number of aliphatic hydroxyl groups excluding tert-OH is 1. The number of aliphatic hydroxyl groups is 1. The van der Waals surface area contributed by atoms with Crippen LogP contribution in [0.3, 0.4) is 0 Å². The van der Waals surface area contributed by atoms with E-state index in [-0.39, 0.29) is 18.3 Å². The Morgan fingerprint density at radius 2 is 2.25 bits per heavy atom. The van der Waals surface area contributed by atoms with Gasteiger partial charge in [-0.15, -0.1) is 0 Å². The predicted molar refractivity (Wildman–Crippen MR) is 62.6 cm³/mol. The van der Waals surface area contributed by atoms with Crippen molar-refractivity contribution in [2.24, 2.45) is 5.92 Å². The fourth-order valence-corrected chi connectivity index (χ4v) is 1.69. The van der Waals surface area contributed by atoms with Crippen LogP contribution in [0.4, 0.5) is 0 Å². The molecule has 0 spiro atoms. The van der Waals surface area contributed by atoms with Crippen molar-refractivity contribution in [1.82, 2.24) is 0 Å². The van der Waals surface area contributed by atoms with E-state index in [4.69, 9.17) is 9.84 Å². The molecule has 0 amide bonds. The first-order valence-electron chi connectivity index (χ1n) is 5.41. The summed E-state index contributed by atoms with van der Waals surface area (Å²) in [5, 5.41) is 8.89. The van der Waals surface area contributed by atoms with E-state index in [2.05, 4.69) is 0 Å². The van der Waals surface area contributed by atoms with E-state index in [1.165, 1.54) is 0 Å². The Balaban J connectivity index is 2.72. The van der Waals surface area contributed by atoms with Crippen LogP contribution in [0.25, 0.3) is 0 Å². The summed E-state index contributed by atoms with van der Waals surface area (Å²) >= 11 is 0. The lowest BCUT2D eigenvalue weighted by atomic mass is 9.93. The molecule has 1 unspecified atom stereocenters. The standard InChI is InChI=1S/C13H18O3/c1-10(15)12(6-7-14)8-11-4-3-5-13(9-11)16-2/h3-5,9,12,14H,6-8H2,1-2H3. The molecule has 0 heterocycles. The minimum atomic E-state index is -0.0999. The van der Waals surface area contributed by atoms with Gasteiger partial charge >= 0.3 is 0 Å². The normalized spacial score (nSPS) is 12.2. The molecule has 1 N–H and O–H groups in total. The summed E-state index contributed by atoms with van der Waals surface area (Å²) in [6.07, 6.45) is 1.18. The van der Waals surface area contributed by atoms with Crippen molar-refractivity contribution in [3.8, 4) is 5.75 Å². The molecule has 16 heavy (non-hydrogen) atoms. The van der Waals surface area contributed by atoms with Gasteiger partial charge in [0.2, 0.25) is 0 Å². The Hall–Kier alpha value is -1.35. The number of rotatable bonds is 6. The van der Waals surface area contributed by atoms with Gasteiger partial charge in [-0.25, -0.2) is 0 Å². The van der Waals surface area contributed by atoms with Crippen molar-refractivity contribution < 1.29 is 14.6 Å². The molecule has 0 aliphatic carbocycles. The zero-order valence-corrected chi connectivity index (χ0v) is 9.77. The Bertz CT molecular complexity index is 347. The molecule has 1 rings (SSSR count). The average molecular weight is 222 g/mol. The van der Waals surface area contributed by atoms with E-state index in [0.717, 1.165) is 11.3 Å². The van der Waals surface area contributed by atoms with Gasteiger partial charge in [-0.2, -0.15) is 0 Å². The van der Waals surface area contributed by atoms with Crippen LogP contribution in [-0.2, 0) is 11.2 Å². The first kappa shape index (κ1) is 12.7. The Labute approximate surface area is 96.1 Å². The molecule has 3 heteroatoms. The number of ketones is 1. The molecule has 0 radical (unpaired) electrons. The van der Waals surface area contributed by atoms with Crippen molar-refractivity contribution >= 4 is 5.78 Å². The summed E-state index contributed by atoms with van der Waals surface area (Å²) in [5.74, 6) is 0.817. The van der Waals surface area contributed by atoms with Gasteiger partial charge in [0.25, 0.3) is 0 Å². The summed E-state index contributed by atoms with van der Waals surface area (Å²) in [5.41, 5.74) is 1.06. The number of hydrogen-bond acceptors (Lipinski definition) is 3. The Morgan fingerprint density at radius 3 is 2.81 bits per heavy atom. The number of methoxy groups -OCH3 is 1. The van der Waals surface area contributed by atoms with E-state index < -0.39 is 0 Å². The van der Waals surface area contributed by atoms with Gasteiger partial charge < -0.3 is 9.84 Å². The summed E-state index contributed by atoms with van der Waals surface area (Å²) in [6, 6.07) is 7.67. The first-order valence-corrected chi connectivity index (χ1v) is 5.41. The average Bonchev–Trinajstić information content (AvgIpc) is 2.28. The van der Waals surface area contributed by atoms with Gasteiger partial charge in [-0.1, -0.05) is 12.1 Å². The van der Waals surface area contributed by atoms with E-state index in [1.54, 1.807) is 14.0 Å². The van der Waals surface area contributed by atoms with E-state index in [0.29, 0.717) is 12.8 Å². The van der Waals surface area contributed by atoms with E-state index in [9.17, 15) is 4.79 Å². The molecule has 0 aliphatic rings. The summed E-state index contributed by atoms with van der Waals surface area (Å²) in [6.45, 7) is 1.62. The highest BCUT2D eigenvalue weighted by atomic mass is 16.5. The van der Waals surface area contributed by atoms with Crippen LogP contribution in [0.15, 0.2) is 24.3 Å². The predicted octanol–water partition coefficient (Wildman–Crippen LogP) is 1.83. The van der Waals surface area contributed by atoms with Gasteiger partial charge in [0, 0.05) is 12.5 Å². The second kappa shape index (κ2) is 6.28. The third-order valence-electron chi connectivity index (χ3n) is 2.67. The van der Waals surface area contributed by atoms with Gasteiger partial charge in [0.1, 0.15) is 11.5 Å². The molecule has 0 aromatic heterocycles. The molecule has 0 fully saturated rings. The number of hydrogen-bond donors (Lipinski definition) is 1. The minimum Gasteiger partial charge on any atom is -0.497 e. The number of benzene rings is 1. The van der Waals surface area contributed by atoms with Crippen molar-refractivity contribution in [2.75, 3.05) is 13.7 Å². The summed E-state index contributed by atoms with van der Waals surface area (Å²) < 4.78 is 5.12. The minimum absolute atomic E-state index is 0.0498. The van der Waals surface area contributed by atoms with Crippen LogP contribution in [0.5, 0.6) is 5.75 Å². The van der Waals surface area contributed by atoms with Crippen LogP contribution < -0.4 is 4.74 Å². The van der Waals surface area contributed by atoms with Gasteiger partial charge in [0.05, 0.1) is 7.11 Å². The van der Waals surface area contributed by atoms with Crippen molar-refractivity contribution in [2.45, 2.75) is 19.8 Å². The topological polar surface area (TPSA) is 46.5 Å². The van der Waals surface area contributed by atoms with Crippen LogP contribution in [0, 0.1) is 5.92 Å². The lowest BCUT2D eigenvalue weighted by molar-refractivity contribution is -0.121. The number of carbonyl (C=O) groups excluding carboxylic acids is 1. The molecule has 3 nitrogen and oxygen atoms in total. The molecular weight excluding hydrogens is 204 g/mol. The molecule has 0 saturated carbocycles.